The normalized spacial score (nSPS) is 17.1. The Hall–Kier alpha value is -2.17. The van der Waals surface area contributed by atoms with E-state index in [1.54, 1.807) is 6.07 Å². The zero-order chi connectivity index (χ0) is 13.9. The van der Waals surface area contributed by atoms with E-state index in [9.17, 15) is 9.18 Å². The lowest BCUT2D eigenvalue weighted by atomic mass is 9.92. The van der Waals surface area contributed by atoms with Crippen molar-refractivity contribution in [1.29, 1.82) is 0 Å². The number of halogens is 1. The Kier molecular flexibility index (Phi) is 3.50. The number of piperidine rings is 1. The van der Waals surface area contributed by atoms with E-state index in [0.717, 1.165) is 43.3 Å². The van der Waals surface area contributed by atoms with Gasteiger partial charge in [-0.25, -0.2) is 4.39 Å². The molecule has 0 amide bonds. The number of rotatable bonds is 3. The largest absolute Gasteiger partial charge is 0.377 e. The minimum Gasteiger partial charge on any atom is -0.377 e. The number of allylic oxidation sites excluding steroid dienone is 1. The van der Waals surface area contributed by atoms with E-state index in [2.05, 4.69) is 10.1 Å². The molecule has 0 spiro atoms. The minimum atomic E-state index is -0.270. The number of hydrogen-bond donors (Lipinski definition) is 0. The highest BCUT2D eigenvalue weighted by atomic mass is 19.1. The summed E-state index contributed by atoms with van der Waals surface area (Å²) >= 11 is 0. The van der Waals surface area contributed by atoms with E-state index in [1.807, 2.05) is 6.20 Å². The molecule has 1 saturated heterocycles. The van der Waals surface area contributed by atoms with Gasteiger partial charge in [0.1, 0.15) is 12.1 Å². The van der Waals surface area contributed by atoms with Gasteiger partial charge in [0.05, 0.1) is 5.69 Å². The molecule has 3 rings (SSSR count). The van der Waals surface area contributed by atoms with Crippen LogP contribution in [0, 0.1) is 5.82 Å². The molecular formula is C15H15FN2O2. The molecule has 0 N–H and O–H groups in total. The summed E-state index contributed by atoms with van der Waals surface area (Å²) in [5.41, 5.74) is 1.48. The second-order valence-electron chi connectivity index (χ2n) is 5.00. The third-order valence-electron chi connectivity index (χ3n) is 3.75. The van der Waals surface area contributed by atoms with Gasteiger partial charge in [-0.2, -0.15) is 0 Å². The molecule has 4 nitrogen and oxygen atoms in total. The molecule has 2 aromatic rings. The van der Waals surface area contributed by atoms with Gasteiger partial charge in [-0.1, -0.05) is 5.16 Å². The molecule has 1 aromatic carbocycles. The first-order valence-electron chi connectivity index (χ1n) is 6.69. The molecule has 0 bridgehead atoms. The van der Waals surface area contributed by atoms with Gasteiger partial charge in [0.2, 0.25) is 0 Å². The molecule has 0 atom stereocenters. The quantitative estimate of drug-likeness (QED) is 0.638. The van der Waals surface area contributed by atoms with Crippen LogP contribution in [0.5, 0.6) is 0 Å². The molecule has 20 heavy (non-hydrogen) atoms. The molecule has 1 aromatic heterocycles. The average molecular weight is 274 g/mol. The van der Waals surface area contributed by atoms with Gasteiger partial charge in [-0.05, 0) is 37.1 Å². The topological polar surface area (TPSA) is 46.3 Å². The third kappa shape index (κ3) is 2.43. The maximum atomic E-state index is 13.3. The maximum absolute atomic E-state index is 13.3. The number of carbonyl (C=O) groups excluding carboxylic acids is 1. The summed E-state index contributed by atoms with van der Waals surface area (Å²) in [6.45, 7) is 1.72. The minimum absolute atomic E-state index is 0.270. The van der Waals surface area contributed by atoms with Crippen molar-refractivity contribution < 1.29 is 13.7 Å². The summed E-state index contributed by atoms with van der Waals surface area (Å²) in [6.07, 6.45) is 5.92. The fraction of sp³-hybridized carbons (Fsp3) is 0.333. The zero-order valence-corrected chi connectivity index (χ0v) is 11.0. The number of benzene rings is 1. The number of likely N-dealkylation sites (tertiary alicyclic amines) is 1. The lowest BCUT2D eigenvalue weighted by Crippen LogP contribution is -2.28. The SMILES string of the molecule is O=CC=CN1CCC(c2noc3ccc(F)cc23)CC1. The van der Waals surface area contributed by atoms with Gasteiger partial charge in [-0.15, -0.1) is 0 Å². The number of carbonyl (C=O) groups is 1. The summed E-state index contributed by atoms with van der Waals surface area (Å²) in [5, 5.41) is 4.88. The molecule has 5 heteroatoms. The van der Waals surface area contributed by atoms with Crippen molar-refractivity contribution in [3.63, 3.8) is 0 Å². The van der Waals surface area contributed by atoms with Crippen LogP contribution in [0.4, 0.5) is 4.39 Å². The van der Waals surface area contributed by atoms with Crippen LogP contribution in [-0.2, 0) is 4.79 Å². The molecule has 0 aliphatic carbocycles. The summed E-state index contributed by atoms with van der Waals surface area (Å²) in [4.78, 5) is 12.4. The average Bonchev–Trinajstić information content (AvgIpc) is 2.88. The van der Waals surface area contributed by atoms with Gasteiger partial charge >= 0.3 is 0 Å². The Labute approximate surface area is 115 Å². The van der Waals surface area contributed by atoms with Crippen molar-refractivity contribution in [3.8, 4) is 0 Å². The first kappa shape index (κ1) is 12.8. The summed E-state index contributed by atoms with van der Waals surface area (Å²) < 4.78 is 18.6. The maximum Gasteiger partial charge on any atom is 0.167 e. The standard InChI is InChI=1S/C15H15FN2O2/c16-12-2-3-14-13(10-12)15(17-20-14)11-4-7-18(8-5-11)6-1-9-19/h1-3,6,9-11H,4-5,7-8H2. The fourth-order valence-electron chi connectivity index (χ4n) is 2.70. The first-order valence-corrected chi connectivity index (χ1v) is 6.69. The highest BCUT2D eigenvalue weighted by Gasteiger charge is 2.24. The number of aldehydes is 1. The molecule has 0 unspecified atom stereocenters. The van der Waals surface area contributed by atoms with Crippen LogP contribution >= 0.6 is 0 Å². The van der Waals surface area contributed by atoms with E-state index in [-0.39, 0.29) is 11.7 Å². The Balaban J connectivity index is 1.78. The van der Waals surface area contributed by atoms with Crippen LogP contribution in [-0.4, -0.2) is 29.4 Å². The predicted molar refractivity (Wildman–Crippen MR) is 72.7 cm³/mol. The van der Waals surface area contributed by atoms with Gasteiger partial charge < -0.3 is 9.42 Å². The van der Waals surface area contributed by atoms with Crippen LogP contribution in [0.25, 0.3) is 11.0 Å². The highest BCUT2D eigenvalue weighted by molar-refractivity contribution is 5.79. The predicted octanol–water partition coefficient (Wildman–Crippen LogP) is 2.86. The van der Waals surface area contributed by atoms with E-state index >= 15 is 0 Å². The third-order valence-corrected chi connectivity index (χ3v) is 3.75. The number of hydrogen-bond acceptors (Lipinski definition) is 4. The summed E-state index contributed by atoms with van der Waals surface area (Å²) in [6, 6.07) is 4.48. The van der Waals surface area contributed by atoms with Crippen molar-refractivity contribution in [2.45, 2.75) is 18.8 Å². The van der Waals surface area contributed by atoms with Gasteiger partial charge in [0.15, 0.2) is 5.58 Å². The van der Waals surface area contributed by atoms with Gasteiger partial charge in [0.25, 0.3) is 0 Å². The molecular weight excluding hydrogens is 259 g/mol. The van der Waals surface area contributed by atoms with E-state index in [1.165, 1.54) is 18.2 Å². The zero-order valence-electron chi connectivity index (χ0n) is 11.0. The van der Waals surface area contributed by atoms with Crippen LogP contribution < -0.4 is 0 Å². The van der Waals surface area contributed by atoms with Crippen LogP contribution in [0.1, 0.15) is 24.5 Å². The molecule has 1 fully saturated rings. The molecule has 2 heterocycles. The molecule has 104 valence electrons. The van der Waals surface area contributed by atoms with Crippen molar-refractivity contribution in [3.05, 3.63) is 42.0 Å². The smallest absolute Gasteiger partial charge is 0.167 e. The fourth-order valence-corrected chi connectivity index (χ4v) is 2.70. The van der Waals surface area contributed by atoms with E-state index in [4.69, 9.17) is 4.52 Å². The number of aromatic nitrogens is 1. The van der Waals surface area contributed by atoms with Gasteiger partial charge in [-0.3, -0.25) is 4.79 Å². The molecule has 0 saturated carbocycles. The summed E-state index contributed by atoms with van der Waals surface area (Å²) in [5.74, 6) is 0.00670. The number of nitrogens with zero attached hydrogens (tertiary/aromatic N) is 2. The second kappa shape index (κ2) is 5.45. The van der Waals surface area contributed by atoms with Crippen molar-refractivity contribution in [2.24, 2.45) is 0 Å². The Morgan fingerprint density at radius 3 is 2.90 bits per heavy atom. The van der Waals surface area contributed by atoms with E-state index < -0.39 is 0 Å². The van der Waals surface area contributed by atoms with E-state index in [0.29, 0.717) is 5.58 Å². The molecule has 0 radical (unpaired) electrons. The molecule has 1 aliphatic rings. The van der Waals surface area contributed by atoms with Crippen LogP contribution in [0.3, 0.4) is 0 Å². The lowest BCUT2D eigenvalue weighted by molar-refractivity contribution is -0.104. The van der Waals surface area contributed by atoms with Crippen molar-refractivity contribution >= 4 is 17.3 Å². The second-order valence-corrected chi connectivity index (χ2v) is 5.00. The Morgan fingerprint density at radius 2 is 2.15 bits per heavy atom. The van der Waals surface area contributed by atoms with Crippen LogP contribution in [0.15, 0.2) is 35.0 Å². The summed E-state index contributed by atoms with van der Waals surface area (Å²) in [7, 11) is 0. The Morgan fingerprint density at radius 1 is 1.35 bits per heavy atom. The molecule has 1 aliphatic heterocycles. The Bertz CT molecular complexity index is 642. The van der Waals surface area contributed by atoms with Crippen molar-refractivity contribution in [1.82, 2.24) is 10.1 Å². The lowest BCUT2D eigenvalue weighted by Gasteiger charge is -2.30. The van der Waals surface area contributed by atoms with Crippen molar-refractivity contribution in [2.75, 3.05) is 13.1 Å². The van der Waals surface area contributed by atoms with Crippen LogP contribution in [0.2, 0.25) is 0 Å². The highest BCUT2D eigenvalue weighted by Crippen LogP contribution is 2.32. The monoisotopic (exact) mass is 274 g/mol. The van der Waals surface area contributed by atoms with Gasteiger partial charge in [0, 0.05) is 30.6 Å². The first-order chi connectivity index (χ1) is 9.78. The number of fused-ring (bicyclic) bond motifs is 1.